The number of rotatable bonds is 1. The molecule has 3 unspecified atom stereocenters. The van der Waals surface area contributed by atoms with Gasteiger partial charge in [-0.3, -0.25) is 0 Å². The molecule has 3 aliphatic heterocycles. The Morgan fingerprint density at radius 2 is 1.67 bits per heavy atom. The summed E-state index contributed by atoms with van der Waals surface area (Å²) >= 11 is 0. The van der Waals surface area contributed by atoms with Gasteiger partial charge >= 0.3 is 8.80 Å². The Hall–Kier alpha value is -0.163. The average molecular weight is 224 g/mol. The molecule has 0 amide bonds. The maximum Gasteiger partial charge on any atom is 0.504 e. The highest BCUT2D eigenvalue weighted by Gasteiger charge is 2.61. The molecule has 4 heteroatoms. The van der Waals surface area contributed by atoms with Gasteiger partial charge in [0.05, 0.1) is 0 Å². The van der Waals surface area contributed by atoms with Gasteiger partial charge in [-0.25, -0.2) is 0 Å². The van der Waals surface area contributed by atoms with Crippen molar-refractivity contribution >= 4 is 8.80 Å². The fourth-order valence-electron chi connectivity index (χ4n) is 3.48. The molecule has 0 N–H and O–H groups in total. The van der Waals surface area contributed by atoms with Gasteiger partial charge in [-0.1, -0.05) is 12.2 Å². The van der Waals surface area contributed by atoms with Crippen LogP contribution in [0.4, 0.5) is 0 Å². The molecule has 0 aromatic rings. The lowest BCUT2D eigenvalue weighted by molar-refractivity contribution is -0.0862. The molecule has 5 rings (SSSR count). The van der Waals surface area contributed by atoms with E-state index in [0.29, 0.717) is 17.4 Å². The van der Waals surface area contributed by atoms with Crippen LogP contribution in [0.3, 0.4) is 0 Å². The summed E-state index contributed by atoms with van der Waals surface area (Å²) in [6, 6.07) is 0. The van der Waals surface area contributed by atoms with Gasteiger partial charge in [-0.05, 0) is 24.7 Å². The minimum atomic E-state index is -2.26. The molecule has 3 saturated heterocycles. The Morgan fingerprint density at radius 3 is 2.20 bits per heavy atom. The summed E-state index contributed by atoms with van der Waals surface area (Å²) in [6.45, 7) is 2.64. The summed E-state index contributed by atoms with van der Waals surface area (Å²) in [4.78, 5) is 0. The van der Waals surface area contributed by atoms with E-state index in [2.05, 4.69) is 12.2 Å². The van der Waals surface area contributed by atoms with Crippen molar-refractivity contribution in [1.29, 1.82) is 0 Å². The third kappa shape index (κ3) is 1.16. The van der Waals surface area contributed by atoms with Crippen molar-refractivity contribution in [3.63, 3.8) is 0 Å². The molecule has 3 atom stereocenters. The zero-order valence-corrected chi connectivity index (χ0v) is 9.72. The van der Waals surface area contributed by atoms with E-state index < -0.39 is 8.80 Å². The highest BCUT2D eigenvalue weighted by Crippen LogP contribution is 2.54. The summed E-state index contributed by atoms with van der Waals surface area (Å²) in [5.74, 6) is 1.95. The lowest BCUT2D eigenvalue weighted by atomic mass is 10.1. The van der Waals surface area contributed by atoms with Crippen LogP contribution < -0.4 is 0 Å². The van der Waals surface area contributed by atoms with Gasteiger partial charge in [-0.2, -0.15) is 0 Å². The Bertz CT molecular complexity index is 295. The minimum absolute atomic E-state index is 0.494. The molecule has 3 nitrogen and oxygen atoms in total. The number of hydrogen-bond donors (Lipinski definition) is 0. The van der Waals surface area contributed by atoms with Crippen molar-refractivity contribution in [3.05, 3.63) is 12.2 Å². The van der Waals surface area contributed by atoms with E-state index in [4.69, 9.17) is 13.3 Å². The number of fused-ring (bicyclic) bond motifs is 5. The molecule has 1 saturated carbocycles. The SMILES string of the molecule is C1=CC2CC1CC2[Si]12OCC(CO1)CO2. The molecule has 0 aromatic carbocycles. The second-order valence-corrected chi connectivity index (χ2v) is 8.10. The van der Waals surface area contributed by atoms with E-state index in [1.165, 1.54) is 12.8 Å². The van der Waals surface area contributed by atoms with E-state index in [9.17, 15) is 0 Å². The highest BCUT2D eigenvalue weighted by molar-refractivity contribution is 6.63. The van der Waals surface area contributed by atoms with Crippen LogP contribution in [0.1, 0.15) is 12.8 Å². The maximum absolute atomic E-state index is 5.96. The van der Waals surface area contributed by atoms with Gasteiger partial charge in [0.1, 0.15) is 0 Å². The molecule has 0 spiro atoms. The third-order valence-corrected chi connectivity index (χ3v) is 7.57. The molecule has 4 bridgehead atoms. The van der Waals surface area contributed by atoms with Crippen LogP contribution in [0.5, 0.6) is 0 Å². The molecule has 4 fully saturated rings. The predicted molar refractivity (Wildman–Crippen MR) is 56.2 cm³/mol. The fourth-order valence-corrected chi connectivity index (χ4v) is 7.14. The first-order valence-electron chi connectivity index (χ1n) is 5.96. The van der Waals surface area contributed by atoms with E-state index in [1.807, 2.05) is 0 Å². The van der Waals surface area contributed by atoms with Crippen LogP contribution in [0.25, 0.3) is 0 Å². The first kappa shape index (κ1) is 8.93. The van der Waals surface area contributed by atoms with Crippen LogP contribution in [0.2, 0.25) is 5.54 Å². The smallest absolute Gasteiger partial charge is 0.373 e. The van der Waals surface area contributed by atoms with Crippen molar-refractivity contribution in [1.82, 2.24) is 0 Å². The molecule has 3 heterocycles. The van der Waals surface area contributed by atoms with E-state index in [-0.39, 0.29) is 0 Å². The molecule has 0 aromatic heterocycles. The zero-order chi connectivity index (χ0) is 9.88. The van der Waals surface area contributed by atoms with Crippen molar-refractivity contribution < 1.29 is 13.3 Å². The van der Waals surface area contributed by atoms with Gasteiger partial charge in [0.25, 0.3) is 0 Å². The fraction of sp³-hybridized carbons (Fsp3) is 0.818. The maximum atomic E-state index is 5.96. The van der Waals surface area contributed by atoms with Gasteiger partial charge in [0, 0.05) is 31.3 Å². The Labute approximate surface area is 90.8 Å². The summed E-state index contributed by atoms with van der Waals surface area (Å²) < 4.78 is 17.9. The average Bonchev–Trinajstić information content (AvgIpc) is 2.93. The largest absolute Gasteiger partial charge is 0.504 e. The molecule has 82 valence electrons. The quantitative estimate of drug-likeness (QED) is 0.500. The molecule has 5 aliphatic rings. The molecule has 0 radical (unpaired) electrons. The summed E-state index contributed by atoms with van der Waals surface area (Å²) in [7, 11) is -2.26. The number of allylic oxidation sites excluding steroid dienone is 2. The van der Waals surface area contributed by atoms with Gasteiger partial charge in [0.15, 0.2) is 0 Å². The summed E-state index contributed by atoms with van der Waals surface area (Å²) in [5, 5.41) is 0. The Balaban J connectivity index is 1.63. The van der Waals surface area contributed by atoms with E-state index in [1.54, 1.807) is 0 Å². The summed E-state index contributed by atoms with van der Waals surface area (Å²) in [5.41, 5.74) is 0.564. The summed E-state index contributed by atoms with van der Waals surface area (Å²) in [6.07, 6.45) is 7.26. The first-order chi connectivity index (χ1) is 7.36. The van der Waals surface area contributed by atoms with Crippen molar-refractivity contribution in [3.8, 4) is 0 Å². The van der Waals surface area contributed by atoms with Crippen molar-refractivity contribution in [2.24, 2.45) is 17.8 Å². The Kier molecular flexibility index (Phi) is 1.75. The lowest BCUT2D eigenvalue weighted by Gasteiger charge is -2.46. The third-order valence-electron chi connectivity index (χ3n) is 4.29. The number of hydrogen-bond acceptors (Lipinski definition) is 3. The monoisotopic (exact) mass is 224 g/mol. The topological polar surface area (TPSA) is 27.7 Å². The van der Waals surface area contributed by atoms with Crippen LogP contribution in [0.15, 0.2) is 12.2 Å². The van der Waals surface area contributed by atoms with E-state index >= 15 is 0 Å². The van der Waals surface area contributed by atoms with Crippen LogP contribution in [-0.2, 0) is 13.3 Å². The lowest BCUT2D eigenvalue weighted by Crippen LogP contribution is -2.61. The van der Waals surface area contributed by atoms with Gasteiger partial charge < -0.3 is 13.3 Å². The predicted octanol–water partition coefficient (Wildman–Crippen LogP) is 1.58. The molecule has 2 aliphatic carbocycles. The van der Waals surface area contributed by atoms with Gasteiger partial charge in [-0.15, -0.1) is 0 Å². The van der Waals surface area contributed by atoms with E-state index in [0.717, 1.165) is 25.7 Å². The van der Waals surface area contributed by atoms with Crippen LogP contribution in [0, 0.1) is 17.8 Å². The van der Waals surface area contributed by atoms with Crippen LogP contribution >= 0.6 is 0 Å². The molecule has 15 heavy (non-hydrogen) atoms. The minimum Gasteiger partial charge on any atom is -0.373 e. The second-order valence-electron chi connectivity index (χ2n) is 5.29. The van der Waals surface area contributed by atoms with Gasteiger partial charge in [0.2, 0.25) is 0 Å². The van der Waals surface area contributed by atoms with Crippen molar-refractivity contribution in [2.45, 2.75) is 18.4 Å². The zero-order valence-electron chi connectivity index (χ0n) is 8.72. The second kappa shape index (κ2) is 2.94. The van der Waals surface area contributed by atoms with Crippen LogP contribution in [-0.4, -0.2) is 28.6 Å². The highest BCUT2D eigenvalue weighted by atomic mass is 28.4. The standard InChI is InChI=1S/C11H16O3Si/c1-2-10-3-8(1)4-11(10)15-12-5-9(6-13-15)7-14-15/h1-2,8-11H,3-7H2. The Morgan fingerprint density at radius 1 is 0.933 bits per heavy atom. The van der Waals surface area contributed by atoms with Crippen molar-refractivity contribution in [2.75, 3.05) is 19.8 Å². The molecular formula is C11H16O3Si. The molecular weight excluding hydrogens is 208 g/mol. The normalized spacial score (nSPS) is 56.5. The first-order valence-corrected chi connectivity index (χ1v) is 7.76.